The van der Waals surface area contributed by atoms with E-state index >= 15 is 0 Å². The Hall–Kier alpha value is -3.68. The van der Waals surface area contributed by atoms with E-state index in [0.717, 1.165) is 5.56 Å². The summed E-state index contributed by atoms with van der Waals surface area (Å²) in [7, 11) is 6.35. The van der Waals surface area contributed by atoms with Crippen molar-refractivity contribution < 1.29 is 23.8 Å². The van der Waals surface area contributed by atoms with Crippen LogP contribution in [0.5, 0.6) is 17.2 Å². The summed E-state index contributed by atoms with van der Waals surface area (Å²) in [6.45, 7) is 0.286. The van der Waals surface area contributed by atoms with Crippen LogP contribution in [0.25, 0.3) is 0 Å². The molecular formula is C22H23N3O5. The van der Waals surface area contributed by atoms with Crippen molar-refractivity contribution in [2.45, 2.75) is 6.04 Å². The number of benzene rings is 2. The molecule has 4 rings (SSSR count). The van der Waals surface area contributed by atoms with Crippen LogP contribution in [-0.2, 0) is 4.79 Å². The Morgan fingerprint density at radius 2 is 1.73 bits per heavy atom. The van der Waals surface area contributed by atoms with Gasteiger partial charge < -0.3 is 24.4 Å². The van der Waals surface area contributed by atoms with Crippen molar-refractivity contribution in [1.29, 1.82) is 0 Å². The zero-order valence-corrected chi connectivity index (χ0v) is 17.3. The molecule has 2 aliphatic heterocycles. The Morgan fingerprint density at radius 1 is 0.967 bits per heavy atom. The van der Waals surface area contributed by atoms with E-state index in [9.17, 15) is 9.59 Å². The lowest BCUT2D eigenvalue weighted by Crippen LogP contribution is -2.45. The summed E-state index contributed by atoms with van der Waals surface area (Å²) in [5.41, 5.74) is 2.66. The van der Waals surface area contributed by atoms with Gasteiger partial charge in [0.25, 0.3) is 5.91 Å². The molecule has 0 saturated carbocycles. The van der Waals surface area contributed by atoms with Crippen LogP contribution in [0.1, 0.15) is 11.6 Å². The summed E-state index contributed by atoms with van der Waals surface area (Å²) in [5.74, 6) is 1.59. The highest BCUT2D eigenvalue weighted by molar-refractivity contribution is 6.11. The molecule has 0 aromatic heterocycles. The van der Waals surface area contributed by atoms with Gasteiger partial charge in [-0.25, -0.2) is 4.79 Å². The number of likely N-dealkylation sites (N-methyl/N-ethyl adjacent to an activating group) is 1. The van der Waals surface area contributed by atoms with Gasteiger partial charge >= 0.3 is 6.03 Å². The van der Waals surface area contributed by atoms with Crippen molar-refractivity contribution in [3.8, 4) is 17.2 Å². The zero-order valence-electron chi connectivity index (χ0n) is 17.3. The first kappa shape index (κ1) is 19.6. The van der Waals surface area contributed by atoms with Gasteiger partial charge in [0.1, 0.15) is 5.75 Å². The molecule has 1 unspecified atom stereocenters. The molecule has 0 fully saturated rings. The van der Waals surface area contributed by atoms with Crippen LogP contribution in [-0.4, -0.2) is 51.8 Å². The molecule has 2 aliphatic rings. The zero-order chi connectivity index (χ0) is 21.4. The third kappa shape index (κ3) is 3.10. The number of nitrogens with one attached hydrogen (secondary N) is 1. The Kier molecular flexibility index (Phi) is 4.99. The van der Waals surface area contributed by atoms with Crippen LogP contribution in [0.4, 0.5) is 10.5 Å². The molecule has 8 nitrogen and oxygen atoms in total. The lowest BCUT2D eigenvalue weighted by Gasteiger charge is -2.31. The fraction of sp³-hybridized carbons (Fsp3) is 0.273. The van der Waals surface area contributed by atoms with Gasteiger partial charge in [0.2, 0.25) is 0 Å². The molecule has 3 amide bonds. The van der Waals surface area contributed by atoms with Crippen molar-refractivity contribution in [2.24, 2.45) is 0 Å². The van der Waals surface area contributed by atoms with E-state index < -0.39 is 6.04 Å². The number of anilines is 1. The van der Waals surface area contributed by atoms with Crippen molar-refractivity contribution in [3.63, 3.8) is 0 Å². The Bertz CT molecular complexity index is 1050. The predicted molar refractivity (Wildman–Crippen MR) is 111 cm³/mol. The lowest BCUT2D eigenvalue weighted by atomic mass is 9.95. The van der Waals surface area contributed by atoms with E-state index in [1.807, 2.05) is 24.3 Å². The fourth-order valence-electron chi connectivity index (χ4n) is 3.84. The normalized spacial score (nSPS) is 18.3. The summed E-state index contributed by atoms with van der Waals surface area (Å²) >= 11 is 0. The molecule has 30 heavy (non-hydrogen) atoms. The fourth-order valence-corrected chi connectivity index (χ4v) is 3.84. The first-order valence-electron chi connectivity index (χ1n) is 9.43. The van der Waals surface area contributed by atoms with E-state index in [1.165, 1.54) is 4.90 Å². The Morgan fingerprint density at radius 3 is 2.43 bits per heavy atom. The second kappa shape index (κ2) is 7.62. The number of carbonyl (C=O) groups excluding carboxylic acids is 2. The molecule has 0 radical (unpaired) electrons. The van der Waals surface area contributed by atoms with Crippen LogP contribution in [0, 0.1) is 0 Å². The minimum absolute atomic E-state index is 0.170. The van der Waals surface area contributed by atoms with Crippen LogP contribution >= 0.6 is 0 Å². The third-order valence-corrected chi connectivity index (χ3v) is 5.47. The predicted octanol–water partition coefficient (Wildman–Crippen LogP) is 2.71. The number of nitrogens with zero attached hydrogens (tertiary/aromatic N) is 2. The molecule has 0 spiro atoms. The first-order valence-corrected chi connectivity index (χ1v) is 9.43. The van der Waals surface area contributed by atoms with Gasteiger partial charge in [-0.15, -0.1) is 0 Å². The van der Waals surface area contributed by atoms with Crippen LogP contribution in [0.15, 0.2) is 53.7 Å². The summed E-state index contributed by atoms with van der Waals surface area (Å²) < 4.78 is 16.0. The van der Waals surface area contributed by atoms with Crippen molar-refractivity contribution in [2.75, 3.05) is 39.8 Å². The highest BCUT2D eigenvalue weighted by Gasteiger charge is 2.43. The lowest BCUT2D eigenvalue weighted by molar-refractivity contribution is -0.114. The summed E-state index contributed by atoms with van der Waals surface area (Å²) in [6.07, 6.45) is 0. The monoisotopic (exact) mass is 409 g/mol. The van der Waals surface area contributed by atoms with Gasteiger partial charge in [0.15, 0.2) is 11.5 Å². The number of amides is 3. The molecule has 0 saturated heterocycles. The van der Waals surface area contributed by atoms with Gasteiger partial charge in [0, 0.05) is 18.8 Å². The van der Waals surface area contributed by atoms with Crippen LogP contribution < -0.4 is 24.4 Å². The maximum atomic E-state index is 13.5. The average Bonchev–Trinajstić information content (AvgIpc) is 3.13. The number of ether oxygens (including phenoxy) is 3. The largest absolute Gasteiger partial charge is 0.497 e. The molecule has 2 aromatic rings. The third-order valence-electron chi connectivity index (χ3n) is 5.47. The number of hydrogen-bond donors (Lipinski definition) is 1. The maximum Gasteiger partial charge on any atom is 0.322 e. The minimum atomic E-state index is -0.559. The number of carbonyl (C=O) groups is 2. The van der Waals surface area contributed by atoms with Gasteiger partial charge in [-0.2, -0.15) is 0 Å². The standard InChI is InChI=1S/C22H23N3O5/c1-24-16-12-25(14-8-9-17(29-3)18(11-14)30-4)21(26)19(16)20(23-22(24)27)13-6-5-7-15(10-13)28-2/h5-11,20H,12H2,1-4H3,(H,23,27). The molecule has 1 atom stereocenters. The van der Waals surface area contributed by atoms with E-state index in [-0.39, 0.29) is 18.5 Å². The van der Waals surface area contributed by atoms with Gasteiger partial charge in [0.05, 0.1) is 45.2 Å². The summed E-state index contributed by atoms with van der Waals surface area (Å²) in [5, 5.41) is 2.93. The van der Waals surface area contributed by atoms with Gasteiger partial charge in [-0.1, -0.05) is 12.1 Å². The molecular weight excluding hydrogens is 386 g/mol. The molecule has 0 aliphatic carbocycles. The highest BCUT2D eigenvalue weighted by Crippen LogP contribution is 2.40. The second-order valence-corrected chi connectivity index (χ2v) is 7.01. The van der Waals surface area contributed by atoms with Gasteiger partial charge in [-0.3, -0.25) is 9.69 Å². The van der Waals surface area contributed by atoms with Gasteiger partial charge in [-0.05, 0) is 29.8 Å². The van der Waals surface area contributed by atoms with E-state index in [2.05, 4.69) is 5.32 Å². The SMILES string of the molecule is COc1cccc(C2NC(=O)N(C)C3=C2C(=O)N(c2ccc(OC)c(OC)c2)C3)c1. The first-order chi connectivity index (χ1) is 14.5. The smallest absolute Gasteiger partial charge is 0.322 e. The van der Waals surface area contributed by atoms with E-state index in [4.69, 9.17) is 14.2 Å². The highest BCUT2D eigenvalue weighted by atomic mass is 16.5. The Balaban J connectivity index is 1.74. The number of urea groups is 1. The molecule has 2 heterocycles. The second-order valence-electron chi connectivity index (χ2n) is 7.01. The molecule has 1 N–H and O–H groups in total. The molecule has 8 heteroatoms. The quantitative estimate of drug-likeness (QED) is 0.821. The number of methoxy groups -OCH3 is 3. The van der Waals surface area contributed by atoms with Crippen molar-refractivity contribution >= 4 is 17.6 Å². The molecule has 0 bridgehead atoms. The summed E-state index contributed by atoms with van der Waals surface area (Å²) in [6, 6.07) is 11.8. The number of rotatable bonds is 5. The van der Waals surface area contributed by atoms with Crippen molar-refractivity contribution in [1.82, 2.24) is 10.2 Å². The van der Waals surface area contributed by atoms with E-state index in [0.29, 0.717) is 34.2 Å². The summed E-state index contributed by atoms with van der Waals surface area (Å²) in [4.78, 5) is 29.2. The van der Waals surface area contributed by atoms with Crippen LogP contribution in [0.3, 0.4) is 0 Å². The topological polar surface area (TPSA) is 80.3 Å². The maximum absolute atomic E-state index is 13.5. The Labute approximate surface area is 174 Å². The minimum Gasteiger partial charge on any atom is -0.497 e. The van der Waals surface area contributed by atoms with Crippen molar-refractivity contribution in [3.05, 3.63) is 59.3 Å². The average molecular weight is 409 g/mol. The number of hydrogen-bond acceptors (Lipinski definition) is 5. The van der Waals surface area contributed by atoms with E-state index in [1.54, 1.807) is 51.5 Å². The van der Waals surface area contributed by atoms with Crippen LogP contribution in [0.2, 0.25) is 0 Å². The molecule has 156 valence electrons. The molecule has 2 aromatic carbocycles.